The van der Waals surface area contributed by atoms with E-state index in [2.05, 4.69) is 9.88 Å². The zero-order valence-electron chi connectivity index (χ0n) is 17.2. The van der Waals surface area contributed by atoms with Crippen molar-refractivity contribution in [3.8, 4) is 23.0 Å². The summed E-state index contributed by atoms with van der Waals surface area (Å²) in [6.07, 6.45) is 0. The Morgan fingerprint density at radius 1 is 1.10 bits per heavy atom. The number of carbonyl (C=O) groups is 1. The first-order valence-electron chi connectivity index (χ1n) is 9.55. The maximum absolute atomic E-state index is 11.2. The van der Waals surface area contributed by atoms with E-state index in [1.165, 1.54) is 11.3 Å². The highest BCUT2D eigenvalue weighted by Crippen LogP contribution is 2.33. The largest absolute Gasteiger partial charge is 0.497 e. The van der Waals surface area contributed by atoms with Crippen molar-refractivity contribution < 1.29 is 28.8 Å². The molecule has 1 aromatic heterocycles. The molecule has 0 atom stereocenters. The van der Waals surface area contributed by atoms with Gasteiger partial charge in [-0.1, -0.05) is 12.1 Å². The minimum Gasteiger partial charge on any atom is -0.497 e. The fraction of sp³-hybridized carbons (Fsp3) is 0.273. The van der Waals surface area contributed by atoms with E-state index >= 15 is 0 Å². The Balaban J connectivity index is 1.59. The smallest absolute Gasteiger partial charge is 0.355 e. The summed E-state index contributed by atoms with van der Waals surface area (Å²) < 4.78 is 21.7. The molecule has 9 heteroatoms. The minimum absolute atomic E-state index is 0.0602. The highest BCUT2D eigenvalue weighted by Gasteiger charge is 2.18. The zero-order valence-corrected chi connectivity index (χ0v) is 18.0. The number of methoxy groups -OCH3 is 2. The number of aromatic carboxylic acids is 1. The fourth-order valence-corrected chi connectivity index (χ4v) is 4.17. The fourth-order valence-electron chi connectivity index (χ4n) is 3.36. The molecule has 0 saturated carbocycles. The molecule has 8 nitrogen and oxygen atoms in total. The summed E-state index contributed by atoms with van der Waals surface area (Å²) in [5.74, 6) is 1.87. The number of nitrogens with zero attached hydrogens (tertiary/aromatic N) is 2. The van der Waals surface area contributed by atoms with Gasteiger partial charge in [-0.2, -0.15) is 0 Å². The quantitative estimate of drug-likeness (QED) is 0.535. The van der Waals surface area contributed by atoms with Crippen molar-refractivity contribution in [1.82, 2.24) is 9.88 Å². The molecule has 0 spiro atoms. The molecule has 1 aliphatic heterocycles. The lowest BCUT2D eigenvalue weighted by Crippen LogP contribution is -2.23. The lowest BCUT2D eigenvalue weighted by Gasteiger charge is -2.23. The number of hydrogen-bond acceptors (Lipinski definition) is 8. The Morgan fingerprint density at radius 2 is 1.94 bits per heavy atom. The van der Waals surface area contributed by atoms with Gasteiger partial charge >= 0.3 is 5.97 Å². The van der Waals surface area contributed by atoms with E-state index in [1.54, 1.807) is 19.6 Å². The lowest BCUT2D eigenvalue weighted by molar-refractivity contribution is 0.0691. The van der Waals surface area contributed by atoms with Crippen LogP contribution in [-0.2, 0) is 19.6 Å². The number of ether oxygens (including phenoxy) is 4. The van der Waals surface area contributed by atoms with Crippen LogP contribution >= 0.6 is 11.3 Å². The third kappa shape index (κ3) is 4.89. The Hall–Kier alpha value is -3.30. The van der Waals surface area contributed by atoms with E-state index in [0.29, 0.717) is 25.4 Å². The summed E-state index contributed by atoms with van der Waals surface area (Å²) in [7, 11) is 3.24. The van der Waals surface area contributed by atoms with E-state index in [9.17, 15) is 9.90 Å². The number of thiazole rings is 1. The molecule has 1 N–H and O–H groups in total. The number of fused-ring (bicyclic) bond motifs is 1. The van der Waals surface area contributed by atoms with E-state index in [4.69, 9.17) is 18.9 Å². The van der Waals surface area contributed by atoms with Gasteiger partial charge in [0.1, 0.15) is 16.5 Å². The third-order valence-electron chi connectivity index (χ3n) is 4.86. The predicted octanol–water partition coefficient (Wildman–Crippen LogP) is 3.79. The first kappa shape index (κ1) is 21.0. The second-order valence-corrected chi connectivity index (χ2v) is 7.88. The number of hydrogen-bond donors (Lipinski definition) is 1. The number of rotatable bonds is 9. The standard InChI is InChI=1S/C22H22N2O6S/c1-27-16-5-4-15(19(8-16)28-2)10-24(11-21-23-17(12-31-21)22(25)26)9-14-3-6-18-20(7-14)30-13-29-18/h3-8,12H,9-11,13H2,1-2H3,(H,25,26). The molecule has 1 aliphatic rings. The van der Waals surface area contributed by atoms with Crippen LogP contribution in [0.25, 0.3) is 0 Å². The molecular weight excluding hydrogens is 420 g/mol. The Morgan fingerprint density at radius 3 is 2.68 bits per heavy atom. The van der Waals surface area contributed by atoms with Gasteiger partial charge in [-0.05, 0) is 23.8 Å². The predicted molar refractivity (Wildman–Crippen MR) is 114 cm³/mol. The average Bonchev–Trinajstić information content (AvgIpc) is 3.43. The molecule has 0 saturated heterocycles. The molecule has 3 aromatic rings. The van der Waals surface area contributed by atoms with E-state index < -0.39 is 5.97 Å². The van der Waals surface area contributed by atoms with Gasteiger partial charge in [0, 0.05) is 30.1 Å². The zero-order chi connectivity index (χ0) is 21.8. The molecule has 2 aromatic carbocycles. The number of aromatic nitrogens is 1. The van der Waals surface area contributed by atoms with Crippen molar-refractivity contribution in [3.63, 3.8) is 0 Å². The number of carboxylic acids is 1. The van der Waals surface area contributed by atoms with Crippen LogP contribution in [0.4, 0.5) is 0 Å². The van der Waals surface area contributed by atoms with Crippen molar-refractivity contribution in [1.29, 1.82) is 0 Å². The van der Waals surface area contributed by atoms with Crippen molar-refractivity contribution in [3.05, 3.63) is 63.6 Å². The lowest BCUT2D eigenvalue weighted by atomic mass is 10.1. The van der Waals surface area contributed by atoms with Gasteiger partial charge in [-0.3, -0.25) is 4.90 Å². The van der Waals surface area contributed by atoms with Crippen LogP contribution in [-0.4, -0.2) is 42.0 Å². The summed E-state index contributed by atoms with van der Waals surface area (Å²) in [4.78, 5) is 17.6. The van der Waals surface area contributed by atoms with Crippen LogP contribution in [0.2, 0.25) is 0 Å². The monoisotopic (exact) mass is 442 g/mol. The molecule has 4 rings (SSSR count). The van der Waals surface area contributed by atoms with Crippen molar-refractivity contribution in [2.45, 2.75) is 19.6 Å². The maximum atomic E-state index is 11.2. The summed E-state index contributed by atoms with van der Waals surface area (Å²) in [5.41, 5.74) is 2.09. The van der Waals surface area contributed by atoms with Crippen molar-refractivity contribution in [2.24, 2.45) is 0 Å². The molecule has 0 amide bonds. The molecular formula is C22H22N2O6S. The Bertz CT molecular complexity index is 1080. The third-order valence-corrected chi connectivity index (χ3v) is 5.69. The van der Waals surface area contributed by atoms with E-state index in [1.807, 2.05) is 36.4 Å². The van der Waals surface area contributed by atoms with Crippen molar-refractivity contribution >= 4 is 17.3 Å². The minimum atomic E-state index is -1.03. The Labute approximate surface area is 183 Å². The second kappa shape index (κ2) is 9.23. The highest BCUT2D eigenvalue weighted by atomic mass is 32.1. The van der Waals surface area contributed by atoms with Crippen LogP contribution in [0, 0.1) is 0 Å². The van der Waals surface area contributed by atoms with E-state index in [0.717, 1.165) is 33.4 Å². The van der Waals surface area contributed by atoms with Crippen LogP contribution in [0.3, 0.4) is 0 Å². The van der Waals surface area contributed by atoms with Crippen LogP contribution < -0.4 is 18.9 Å². The second-order valence-electron chi connectivity index (χ2n) is 6.94. The molecule has 0 fully saturated rings. The molecule has 2 heterocycles. The van der Waals surface area contributed by atoms with Gasteiger partial charge in [0.05, 0.1) is 20.8 Å². The van der Waals surface area contributed by atoms with Gasteiger partial charge in [0.2, 0.25) is 6.79 Å². The van der Waals surface area contributed by atoms with Gasteiger partial charge in [0.15, 0.2) is 17.2 Å². The Kier molecular flexibility index (Phi) is 6.24. The van der Waals surface area contributed by atoms with Crippen molar-refractivity contribution in [2.75, 3.05) is 21.0 Å². The van der Waals surface area contributed by atoms with Gasteiger partial charge in [-0.15, -0.1) is 11.3 Å². The van der Waals surface area contributed by atoms with Gasteiger partial charge < -0.3 is 24.1 Å². The summed E-state index contributed by atoms with van der Waals surface area (Å²) in [6.45, 7) is 1.89. The molecule has 31 heavy (non-hydrogen) atoms. The number of benzene rings is 2. The average molecular weight is 442 g/mol. The highest BCUT2D eigenvalue weighted by molar-refractivity contribution is 7.09. The first-order chi connectivity index (χ1) is 15.1. The molecule has 0 radical (unpaired) electrons. The molecule has 0 unspecified atom stereocenters. The van der Waals surface area contributed by atoms with Gasteiger partial charge in [0.25, 0.3) is 0 Å². The summed E-state index contributed by atoms with van der Waals surface area (Å²) >= 11 is 1.33. The summed E-state index contributed by atoms with van der Waals surface area (Å²) in [6, 6.07) is 11.6. The SMILES string of the molecule is COc1ccc(CN(Cc2ccc3c(c2)OCO3)Cc2nc(C(=O)O)cs2)c(OC)c1. The molecule has 0 bridgehead atoms. The summed E-state index contributed by atoms with van der Waals surface area (Å²) in [5, 5.41) is 11.5. The van der Waals surface area contributed by atoms with Crippen LogP contribution in [0.5, 0.6) is 23.0 Å². The maximum Gasteiger partial charge on any atom is 0.355 e. The molecule has 0 aliphatic carbocycles. The normalized spacial score (nSPS) is 12.2. The molecule has 162 valence electrons. The van der Waals surface area contributed by atoms with Gasteiger partial charge in [-0.25, -0.2) is 9.78 Å². The first-order valence-corrected chi connectivity index (χ1v) is 10.4. The topological polar surface area (TPSA) is 90.4 Å². The van der Waals surface area contributed by atoms with Crippen LogP contribution in [0.15, 0.2) is 41.8 Å². The van der Waals surface area contributed by atoms with Crippen LogP contribution in [0.1, 0.15) is 26.6 Å². The number of carboxylic acid groups (broad SMARTS) is 1. The van der Waals surface area contributed by atoms with E-state index in [-0.39, 0.29) is 12.5 Å².